The van der Waals surface area contributed by atoms with E-state index in [9.17, 15) is 9.18 Å². The summed E-state index contributed by atoms with van der Waals surface area (Å²) >= 11 is 0. The number of halogens is 1. The van der Waals surface area contributed by atoms with Crippen molar-refractivity contribution in [3.63, 3.8) is 0 Å². The topological polar surface area (TPSA) is 107 Å². The lowest BCUT2D eigenvalue weighted by Crippen LogP contribution is -2.41. The molecule has 0 fully saturated rings. The van der Waals surface area contributed by atoms with Crippen LogP contribution in [0, 0.1) is 11.2 Å². The predicted molar refractivity (Wildman–Crippen MR) is 99.4 cm³/mol. The molecule has 27 heavy (non-hydrogen) atoms. The number of hydrogen-bond acceptors (Lipinski definition) is 6. The molecule has 0 amide bonds. The number of hydrazine groups is 1. The number of carbonyl (C=O) groups is 1. The van der Waals surface area contributed by atoms with Crippen LogP contribution in [-0.4, -0.2) is 49.1 Å². The maximum absolute atomic E-state index is 14.3. The Labute approximate surface area is 155 Å². The van der Waals surface area contributed by atoms with Gasteiger partial charge in [-0.1, -0.05) is 20.8 Å². The number of anilines is 1. The van der Waals surface area contributed by atoms with Crippen LogP contribution in [0.4, 0.5) is 10.2 Å². The van der Waals surface area contributed by atoms with Gasteiger partial charge < -0.3 is 10.1 Å². The van der Waals surface area contributed by atoms with Gasteiger partial charge in [0.15, 0.2) is 17.5 Å². The molecule has 0 bridgehead atoms. The fourth-order valence-electron chi connectivity index (χ4n) is 2.74. The zero-order chi connectivity index (χ0) is 19.6. The summed E-state index contributed by atoms with van der Waals surface area (Å²) in [6.07, 6.45) is 4.44. The van der Waals surface area contributed by atoms with Crippen LogP contribution in [0.5, 0.6) is 0 Å². The normalized spacial score (nSPS) is 11.9. The Kier molecular flexibility index (Phi) is 5.04. The summed E-state index contributed by atoms with van der Waals surface area (Å²) in [6, 6.07) is 3.66. The van der Waals surface area contributed by atoms with Crippen LogP contribution < -0.4 is 5.43 Å². The number of carboxylic acid groups (broad SMARTS) is 1. The molecule has 8 nitrogen and oxygen atoms in total. The van der Waals surface area contributed by atoms with Gasteiger partial charge in [0.1, 0.15) is 12.2 Å². The van der Waals surface area contributed by atoms with Crippen LogP contribution in [0.3, 0.4) is 0 Å². The maximum atomic E-state index is 14.3. The van der Waals surface area contributed by atoms with Crippen molar-refractivity contribution in [3.05, 3.63) is 36.5 Å². The van der Waals surface area contributed by atoms with E-state index in [-0.39, 0.29) is 17.8 Å². The summed E-state index contributed by atoms with van der Waals surface area (Å²) in [5.74, 6) is -1.46. The third kappa shape index (κ3) is 4.56. The number of H-pyrrole nitrogens is 1. The van der Waals surface area contributed by atoms with Gasteiger partial charge >= 0.3 is 5.97 Å². The van der Waals surface area contributed by atoms with Gasteiger partial charge in [-0.2, -0.15) is 0 Å². The molecular weight excluding hydrogens is 351 g/mol. The third-order valence-electron chi connectivity index (χ3n) is 3.69. The van der Waals surface area contributed by atoms with E-state index >= 15 is 0 Å². The van der Waals surface area contributed by atoms with Crippen LogP contribution in [0.15, 0.2) is 30.7 Å². The third-order valence-corrected chi connectivity index (χ3v) is 3.69. The van der Waals surface area contributed by atoms with Crippen LogP contribution >= 0.6 is 0 Å². The highest BCUT2D eigenvalue weighted by atomic mass is 19.1. The summed E-state index contributed by atoms with van der Waals surface area (Å²) in [6.45, 7) is 5.97. The minimum atomic E-state index is -1.02. The Morgan fingerprint density at radius 1 is 1.37 bits per heavy atom. The summed E-state index contributed by atoms with van der Waals surface area (Å²) in [5.41, 5.74) is 3.95. The number of nitrogens with zero attached hydrogens (tertiary/aromatic N) is 4. The van der Waals surface area contributed by atoms with Gasteiger partial charge in [0.05, 0.1) is 6.20 Å². The highest BCUT2D eigenvalue weighted by Crippen LogP contribution is 2.26. The number of fused-ring (bicyclic) bond motifs is 1. The minimum Gasteiger partial charge on any atom is -0.480 e. The summed E-state index contributed by atoms with van der Waals surface area (Å²) in [7, 11) is 0. The lowest BCUT2D eigenvalue weighted by molar-refractivity contribution is -0.138. The first-order chi connectivity index (χ1) is 12.7. The molecule has 0 aliphatic carbocycles. The summed E-state index contributed by atoms with van der Waals surface area (Å²) < 4.78 is 14.3. The van der Waals surface area contributed by atoms with Crippen molar-refractivity contribution in [1.29, 1.82) is 0 Å². The van der Waals surface area contributed by atoms with Crippen molar-refractivity contribution in [2.45, 2.75) is 20.8 Å². The van der Waals surface area contributed by atoms with E-state index in [2.05, 4.69) is 25.4 Å². The fourth-order valence-corrected chi connectivity index (χ4v) is 2.74. The van der Waals surface area contributed by atoms with E-state index in [0.29, 0.717) is 23.6 Å². The van der Waals surface area contributed by atoms with E-state index in [1.165, 1.54) is 5.01 Å². The van der Waals surface area contributed by atoms with Gasteiger partial charge in [0, 0.05) is 29.9 Å². The predicted octanol–water partition coefficient (Wildman–Crippen LogP) is 2.92. The number of aromatic nitrogens is 4. The number of aromatic amines is 1. The molecule has 0 atom stereocenters. The second-order valence-electron chi connectivity index (χ2n) is 7.41. The van der Waals surface area contributed by atoms with Gasteiger partial charge in [-0.15, -0.1) is 0 Å². The van der Waals surface area contributed by atoms with Gasteiger partial charge in [-0.25, -0.2) is 24.4 Å². The summed E-state index contributed by atoms with van der Waals surface area (Å²) in [4.78, 5) is 26.7. The van der Waals surface area contributed by atoms with Crippen LogP contribution in [0.2, 0.25) is 0 Å². The first-order valence-electron chi connectivity index (χ1n) is 8.41. The average molecular weight is 372 g/mol. The van der Waals surface area contributed by atoms with E-state index < -0.39 is 11.8 Å². The molecule has 0 aromatic carbocycles. The Balaban J connectivity index is 1.93. The van der Waals surface area contributed by atoms with Crippen LogP contribution in [0.25, 0.3) is 22.4 Å². The molecule has 0 saturated carbocycles. The standard InChI is InChI=1S/C18H21FN6O2/c1-18(2,3)10-25(9-14(26)27)24-17-13(19)8-22-16(23-17)12-7-21-15-11(12)5-4-6-20-15/h4-8H,9-10H2,1-3H3,(H,20,21)(H,26,27)(H,22,23,24). The van der Waals surface area contributed by atoms with E-state index in [1.807, 2.05) is 26.8 Å². The molecule has 0 unspecified atom stereocenters. The lowest BCUT2D eigenvalue weighted by Gasteiger charge is -2.29. The Morgan fingerprint density at radius 3 is 2.85 bits per heavy atom. The molecule has 142 valence electrons. The van der Waals surface area contributed by atoms with E-state index in [0.717, 1.165) is 11.6 Å². The number of rotatable bonds is 6. The number of hydrogen-bond donors (Lipinski definition) is 3. The average Bonchev–Trinajstić information content (AvgIpc) is 2.99. The van der Waals surface area contributed by atoms with Gasteiger partial charge in [-0.05, 0) is 17.5 Å². The minimum absolute atomic E-state index is 0.0799. The number of aliphatic carboxylic acids is 1. The quantitative estimate of drug-likeness (QED) is 0.571. The number of pyridine rings is 1. The molecule has 9 heteroatoms. The number of carboxylic acids is 1. The van der Waals surface area contributed by atoms with Crippen molar-refractivity contribution in [2.75, 3.05) is 18.5 Å². The second kappa shape index (κ2) is 7.28. The molecule has 0 aliphatic rings. The molecule has 0 radical (unpaired) electrons. The smallest absolute Gasteiger partial charge is 0.319 e. The molecule has 3 rings (SSSR count). The lowest BCUT2D eigenvalue weighted by atomic mass is 9.97. The van der Waals surface area contributed by atoms with Crippen LogP contribution in [0.1, 0.15) is 20.8 Å². The molecule has 3 aromatic heterocycles. The van der Waals surface area contributed by atoms with Crippen LogP contribution in [-0.2, 0) is 4.79 Å². The van der Waals surface area contributed by atoms with Crippen molar-refractivity contribution >= 4 is 22.8 Å². The first-order valence-corrected chi connectivity index (χ1v) is 8.41. The van der Waals surface area contributed by atoms with E-state index in [4.69, 9.17) is 5.11 Å². The summed E-state index contributed by atoms with van der Waals surface area (Å²) in [5, 5.41) is 11.4. The molecule has 3 aromatic rings. The Hall–Kier alpha value is -3.07. The Bertz CT molecular complexity index is 966. The zero-order valence-corrected chi connectivity index (χ0v) is 15.3. The number of nitrogens with one attached hydrogen (secondary N) is 2. The molecule has 0 spiro atoms. The van der Waals surface area contributed by atoms with Gasteiger partial charge in [0.25, 0.3) is 0 Å². The van der Waals surface area contributed by atoms with Crippen molar-refractivity contribution in [3.8, 4) is 11.4 Å². The van der Waals surface area contributed by atoms with Crippen molar-refractivity contribution < 1.29 is 14.3 Å². The molecular formula is C18H21FN6O2. The van der Waals surface area contributed by atoms with Crippen molar-refractivity contribution in [2.24, 2.45) is 5.41 Å². The maximum Gasteiger partial charge on any atom is 0.319 e. The van der Waals surface area contributed by atoms with Gasteiger partial charge in [0.2, 0.25) is 0 Å². The highest BCUT2D eigenvalue weighted by Gasteiger charge is 2.21. The molecule has 0 aliphatic heterocycles. The highest BCUT2D eigenvalue weighted by molar-refractivity contribution is 5.91. The Morgan fingerprint density at radius 2 is 2.15 bits per heavy atom. The second-order valence-corrected chi connectivity index (χ2v) is 7.41. The SMILES string of the molecule is CC(C)(C)CN(CC(=O)O)Nc1nc(-c2c[nH]c3ncccc23)ncc1F. The largest absolute Gasteiger partial charge is 0.480 e. The monoisotopic (exact) mass is 372 g/mol. The molecule has 3 N–H and O–H groups in total. The zero-order valence-electron chi connectivity index (χ0n) is 15.3. The van der Waals surface area contributed by atoms with Gasteiger partial charge in [-0.3, -0.25) is 10.2 Å². The fraction of sp³-hybridized carbons (Fsp3) is 0.333. The van der Waals surface area contributed by atoms with E-state index in [1.54, 1.807) is 18.5 Å². The molecule has 3 heterocycles. The first kappa shape index (κ1) is 18.7. The molecule has 0 saturated heterocycles. The van der Waals surface area contributed by atoms with Crippen molar-refractivity contribution in [1.82, 2.24) is 24.9 Å².